The van der Waals surface area contributed by atoms with Gasteiger partial charge in [-0.25, -0.2) is 0 Å². The molecule has 1 heterocycles. The van der Waals surface area contributed by atoms with Crippen LogP contribution in [0.25, 0.3) is 0 Å². The van der Waals surface area contributed by atoms with Crippen LogP contribution in [0.2, 0.25) is 0 Å². The van der Waals surface area contributed by atoms with Crippen LogP contribution in [0.15, 0.2) is 24.3 Å². The molecule has 0 saturated carbocycles. The van der Waals surface area contributed by atoms with Crippen LogP contribution in [0.5, 0.6) is 5.75 Å². The Balaban J connectivity index is 1.99. The first kappa shape index (κ1) is 18.2. The third-order valence-corrected chi connectivity index (χ3v) is 3.80. The average molecular weight is 337 g/mol. The fourth-order valence-corrected chi connectivity index (χ4v) is 2.41. The summed E-state index contributed by atoms with van der Waals surface area (Å²) in [5.74, 6) is -0.596. The molecule has 1 atom stereocenters. The van der Waals surface area contributed by atoms with Crippen LogP contribution < -0.4 is 10.5 Å². The molecule has 2 rings (SSSR count). The molecule has 1 saturated heterocycles. The number of morpholine rings is 1. The maximum absolute atomic E-state index is 11.5. The van der Waals surface area contributed by atoms with Gasteiger partial charge in [0.2, 0.25) is 11.8 Å². The van der Waals surface area contributed by atoms with Crippen LogP contribution in [0, 0.1) is 0 Å². The molecule has 0 aliphatic carbocycles. The van der Waals surface area contributed by atoms with Gasteiger partial charge in [0.25, 0.3) is 0 Å². The predicted octanol–water partition coefficient (Wildman–Crippen LogP) is 0.450. The number of primary amides is 1. The molecule has 1 fully saturated rings. The number of hydrogen-bond donors (Lipinski definition) is 2. The van der Waals surface area contributed by atoms with Crippen molar-refractivity contribution in [2.24, 2.45) is 5.73 Å². The Hall–Kier alpha value is -2.16. The van der Waals surface area contributed by atoms with E-state index in [0.29, 0.717) is 42.6 Å². The van der Waals surface area contributed by atoms with Crippen molar-refractivity contribution in [2.45, 2.75) is 19.6 Å². The zero-order valence-electron chi connectivity index (χ0n) is 13.7. The van der Waals surface area contributed by atoms with Crippen LogP contribution >= 0.6 is 0 Å². The molecule has 1 aromatic carbocycles. The fourth-order valence-electron chi connectivity index (χ4n) is 2.41. The minimum atomic E-state index is -0.815. The zero-order valence-corrected chi connectivity index (χ0v) is 13.7. The quantitative estimate of drug-likeness (QED) is 0.425. The lowest BCUT2D eigenvalue weighted by Gasteiger charge is -2.30. The van der Waals surface area contributed by atoms with Gasteiger partial charge in [0.15, 0.2) is 6.23 Å². The molecule has 0 aromatic heterocycles. The van der Waals surface area contributed by atoms with Gasteiger partial charge in [0.05, 0.1) is 13.2 Å². The number of hydroxylamine groups is 2. The second-order valence-corrected chi connectivity index (χ2v) is 5.57. The van der Waals surface area contributed by atoms with Crippen molar-refractivity contribution >= 4 is 11.8 Å². The van der Waals surface area contributed by atoms with Gasteiger partial charge in [-0.3, -0.25) is 19.7 Å². The molecule has 0 radical (unpaired) electrons. The topological polar surface area (TPSA) is 105 Å². The number of ether oxygens (including phenoxy) is 2. The molecule has 2 amide bonds. The van der Waals surface area contributed by atoms with E-state index in [2.05, 4.69) is 4.90 Å². The molecule has 132 valence electrons. The molecular weight excluding hydrogens is 314 g/mol. The monoisotopic (exact) mass is 337 g/mol. The van der Waals surface area contributed by atoms with Crippen LogP contribution in [0.3, 0.4) is 0 Å². The van der Waals surface area contributed by atoms with Gasteiger partial charge in [0, 0.05) is 38.5 Å². The molecule has 1 aliphatic heterocycles. The number of carbonyl (C=O) groups excluding carboxylic acids is 2. The summed E-state index contributed by atoms with van der Waals surface area (Å²) in [5, 5.41) is 10.5. The van der Waals surface area contributed by atoms with Crippen LogP contribution in [-0.2, 0) is 9.53 Å². The molecule has 1 aliphatic rings. The number of nitrogens with zero attached hydrogens (tertiary/aromatic N) is 2. The van der Waals surface area contributed by atoms with E-state index in [4.69, 9.17) is 15.2 Å². The molecule has 0 spiro atoms. The Morgan fingerprint density at radius 3 is 2.50 bits per heavy atom. The lowest BCUT2D eigenvalue weighted by Crippen LogP contribution is -2.44. The highest BCUT2D eigenvalue weighted by Gasteiger charge is 2.23. The lowest BCUT2D eigenvalue weighted by molar-refractivity contribution is -0.199. The summed E-state index contributed by atoms with van der Waals surface area (Å²) >= 11 is 0. The van der Waals surface area contributed by atoms with Crippen molar-refractivity contribution in [1.29, 1.82) is 0 Å². The van der Waals surface area contributed by atoms with Gasteiger partial charge >= 0.3 is 0 Å². The summed E-state index contributed by atoms with van der Waals surface area (Å²) in [6.45, 7) is 4.90. The normalized spacial score (nSPS) is 16.4. The Kier molecular flexibility index (Phi) is 6.53. The molecule has 0 bridgehead atoms. The first-order chi connectivity index (χ1) is 11.5. The largest absolute Gasteiger partial charge is 0.468 e. The molecule has 3 N–H and O–H groups in total. The number of benzene rings is 1. The Bertz CT molecular complexity index is 557. The highest BCUT2D eigenvalue weighted by atomic mass is 16.6. The maximum atomic E-state index is 11.5. The average Bonchev–Trinajstić information content (AvgIpc) is 2.59. The van der Waals surface area contributed by atoms with E-state index >= 15 is 0 Å². The SMILES string of the molecule is CC(=O)N(O)C(CCN1CCOCC1)Oc1ccc(C(N)=O)cc1. The predicted molar refractivity (Wildman–Crippen MR) is 85.6 cm³/mol. The van der Waals surface area contributed by atoms with Crippen LogP contribution in [0.1, 0.15) is 23.7 Å². The number of carbonyl (C=O) groups is 2. The van der Waals surface area contributed by atoms with Crippen molar-refractivity contribution < 1.29 is 24.3 Å². The third kappa shape index (κ3) is 5.19. The standard InChI is InChI=1S/C16H23N3O5/c1-12(20)19(22)15(6-7-18-8-10-23-11-9-18)24-14-4-2-13(3-5-14)16(17)21/h2-5,15,22H,6-11H2,1H3,(H2,17,21). The van der Waals surface area contributed by atoms with Crippen molar-refractivity contribution in [3.05, 3.63) is 29.8 Å². The first-order valence-corrected chi connectivity index (χ1v) is 7.82. The second kappa shape index (κ2) is 8.62. The number of rotatable bonds is 7. The summed E-state index contributed by atoms with van der Waals surface area (Å²) in [6, 6.07) is 6.23. The maximum Gasteiger partial charge on any atom is 0.248 e. The van der Waals surface area contributed by atoms with E-state index < -0.39 is 18.0 Å². The van der Waals surface area contributed by atoms with E-state index in [9.17, 15) is 14.8 Å². The van der Waals surface area contributed by atoms with Gasteiger partial charge < -0.3 is 15.2 Å². The van der Waals surface area contributed by atoms with Crippen LogP contribution in [-0.4, -0.2) is 66.1 Å². The lowest BCUT2D eigenvalue weighted by atomic mass is 10.2. The summed E-state index contributed by atoms with van der Waals surface area (Å²) < 4.78 is 11.0. The summed E-state index contributed by atoms with van der Waals surface area (Å²) in [6.07, 6.45) is -0.377. The summed E-state index contributed by atoms with van der Waals surface area (Å²) in [4.78, 5) is 24.7. The van der Waals surface area contributed by atoms with E-state index in [1.165, 1.54) is 19.1 Å². The molecular formula is C16H23N3O5. The van der Waals surface area contributed by atoms with Crippen molar-refractivity contribution in [3.63, 3.8) is 0 Å². The number of hydrogen-bond acceptors (Lipinski definition) is 6. The molecule has 24 heavy (non-hydrogen) atoms. The number of amides is 2. The van der Waals surface area contributed by atoms with E-state index in [1.54, 1.807) is 12.1 Å². The summed E-state index contributed by atoms with van der Waals surface area (Å²) in [5.41, 5.74) is 5.56. The van der Waals surface area contributed by atoms with Crippen molar-refractivity contribution in [3.8, 4) is 5.75 Å². The van der Waals surface area contributed by atoms with E-state index in [-0.39, 0.29) is 0 Å². The van der Waals surface area contributed by atoms with Gasteiger partial charge in [0.1, 0.15) is 5.75 Å². The molecule has 1 aromatic rings. The van der Waals surface area contributed by atoms with E-state index in [1.807, 2.05) is 0 Å². The zero-order chi connectivity index (χ0) is 17.5. The van der Waals surface area contributed by atoms with Gasteiger partial charge in [-0.2, -0.15) is 5.06 Å². The van der Waals surface area contributed by atoms with Crippen molar-refractivity contribution in [1.82, 2.24) is 9.96 Å². The van der Waals surface area contributed by atoms with Gasteiger partial charge in [-0.1, -0.05) is 0 Å². The van der Waals surface area contributed by atoms with Crippen LogP contribution in [0.4, 0.5) is 0 Å². The molecule has 8 nitrogen and oxygen atoms in total. The highest BCUT2D eigenvalue weighted by molar-refractivity contribution is 5.92. The second-order valence-electron chi connectivity index (χ2n) is 5.57. The Morgan fingerprint density at radius 2 is 1.96 bits per heavy atom. The fraction of sp³-hybridized carbons (Fsp3) is 0.500. The Morgan fingerprint density at radius 1 is 1.33 bits per heavy atom. The molecule has 8 heteroatoms. The molecule has 1 unspecified atom stereocenters. The Labute approximate surface area is 140 Å². The highest BCUT2D eigenvalue weighted by Crippen LogP contribution is 2.17. The first-order valence-electron chi connectivity index (χ1n) is 7.82. The minimum absolute atomic E-state index is 0.361. The minimum Gasteiger partial charge on any atom is -0.468 e. The van der Waals surface area contributed by atoms with E-state index in [0.717, 1.165) is 13.1 Å². The van der Waals surface area contributed by atoms with Gasteiger partial charge in [-0.05, 0) is 24.3 Å². The van der Waals surface area contributed by atoms with Crippen molar-refractivity contribution in [2.75, 3.05) is 32.8 Å². The third-order valence-electron chi connectivity index (χ3n) is 3.80. The smallest absolute Gasteiger partial charge is 0.248 e. The number of nitrogens with two attached hydrogens (primary N) is 1. The summed E-state index contributed by atoms with van der Waals surface area (Å²) in [7, 11) is 0. The van der Waals surface area contributed by atoms with Gasteiger partial charge in [-0.15, -0.1) is 0 Å².